The van der Waals surface area contributed by atoms with Gasteiger partial charge in [-0.2, -0.15) is 0 Å². The number of nitrogens with zero attached hydrogens (tertiary/aromatic N) is 2. The van der Waals surface area contributed by atoms with Crippen molar-refractivity contribution >= 4 is 17.6 Å². The van der Waals surface area contributed by atoms with E-state index in [1.165, 1.54) is 25.7 Å². The monoisotopic (exact) mass is 237 g/mol. The molecule has 1 N–H and O–H groups in total. The molecule has 1 aromatic rings. The third-order valence-corrected chi connectivity index (χ3v) is 4.00. The molecule has 0 spiro atoms. The lowest BCUT2D eigenvalue weighted by molar-refractivity contribution is 0.886. The van der Waals surface area contributed by atoms with E-state index in [2.05, 4.69) is 22.2 Å². The average molecular weight is 237 g/mol. The molecule has 1 aliphatic carbocycles. The first kappa shape index (κ1) is 11.7. The van der Waals surface area contributed by atoms with Crippen molar-refractivity contribution in [2.24, 2.45) is 0 Å². The highest BCUT2D eigenvalue weighted by molar-refractivity contribution is 7.99. The maximum Gasteiger partial charge on any atom is 0.145 e. The molecule has 0 amide bonds. The maximum absolute atomic E-state index is 4.56. The molecular formula is C12H19N3S. The van der Waals surface area contributed by atoms with Crippen LogP contribution in [0, 0.1) is 0 Å². The molecule has 0 radical (unpaired) electrons. The summed E-state index contributed by atoms with van der Waals surface area (Å²) in [7, 11) is 0. The van der Waals surface area contributed by atoms with Crippen molar-refractivity contribution in [3.8, 4) is 0 Å². The molecule has 0 bridgehead atoms. The van der Waals surface area contributed by atoms with E-state index in [0.29, 0.717) is 0 Å². The van der Waals surface area contributed by atoms with Gasteiger partial charge in [-0.05, 0) is 19.3 Å². The molecule has 1 fully saturated rings. The Labute approximate surface area is 101 Å². The highest BCUT2D eigenvalue weighted by Gasteiger charge is 2.16. The Hall–Kier alpha value is -0.770. The maximum atomic E-state index is 4.56. The van der Waals surface area contributed by atoms with Gasteiger partial charge in [0, 0.05) is 11.8 Å². The van der Waals surface area contributed by atoms with Gasteiger partial charge < -0.3 is 5.32 Å². The molecule has 88 valence electrons. The molecule has 1 heterocycles. The summed E-state index contributed by atoms with van der Waals surface area (Å²) in [6.07, 6.45) is 10.2. The van der Waals surface area contributed by atoms with Crippen LogP contribution in [0.2, 0.25) is 0 Å². The number of rotatable bonds is 5. The van der Waals surface area contributed by atoms with E-state index in [0.717, 1.165) is 29.1 Å². The topological polar surface area (TPSA) is 37.8 Å². The van der Waals surface area contributed by atoms with Gasteiger partial charge in [-0.1, -0.05) is 19.8 Å². The molecule has 1 saturated carbocycles. The standard InChI is InChI=1S/C12H19N3S/c1-2-7-14-11-8-13-9-12(15-11)16-10-5-3-4-6-10/h8-10H,2-7H2,1H3,(H,14,15). The van der Waals surface area contributed by atoms with E-state index in [-0.39, 0.29) is 0 Å². The molecule has 0 saturated heterocycles. The minimum atomic E-state index is 0.760. The van der Waals surface area contributed by atoms with Crippen LogP contribution in [-0.4, -0.2) is 21.8 Å². The summed E-state index contributed by atoms with van der Waals surface area (Å²) >= 11 is 1.89. The lowest BCUT2D eigenvalue weighted by Gasteiger charge is -2.09. The zero-order valence-electron chi connectivity index (χ0n) is 9.78. The number of thioether (sulfide) groups is 1. The van der Waals surface area contributed by atoms with E-state index < -0.39 is 0 Å². The normalized spacial score (nSPS) is 16.6. The number of hydrogen-bond donors (Lipinski definition) is 1. The van der Waals surface area contributed by atoms with Crippen molar-refractivity contribution in [1.29, 1.82) is 0 Å². The molecule has 0 aromatic carbocycles. The lowest BCUT2D eigenvalue weighted by atomic mass is 10.4. The molecule has 16 heavy (non-hydrogen) atoms. The van der Waals surface area contributed by atoms with E-state index in [1.54, 1.807) is 6.20 Å². The number of hydrogen-bond acceptors (Lipinski definition) is 4. The first-order valence-electron chi connectivity index (χ1n) is 6.11. The van der Waals surface area contributed by atoms with Crippen LogP contribution in [-0.2, 0) is 0 Å². The average Bonchev–Trinajstić information content (AvgIpc) is 2.80. The number of aromatic nitrogens is 2. The smallest absolute Gasteiger partial charge is 0.145 e. The SMILES string of the molecule is CCCNc1cncc(SC2CCCC2)n1. The Bertz CT molecular complexity index is 324. The van der Waals surface area contributed by atoms with Crippen molar-refractivity contribution in [2.45, 2.75) is 49.3 Å². The predicted octanol–water partition coefficient (Wildman–Crippen LogP) is 3.33. The van der Waals surface area contributed by atoms with Crippen LogP contribution in [0.25, 0.3) is 0 Å². The Morgan fingerprint density at radius 3 is 2.94 bits per heavy atom. The van der Waals surface area contributed by atoms with Crippen LogP contribution < -0.4 is 5.32 Å². The van der Waals surface area contributed by atoms with Crippen molar-refractivity contribution in [3.05, 3.63) is 12.4 Å². The van der Waals surface area contributed by atoms with Gasteiger partial charge in [-0.25, -0.2) is 4.98 Å². The first-order valence-corrected chi connectivity index (χ1v) is 6.99. The molecule has 0 atom stereocenters. The molecule has 0 unspecified atom stereocenters. The number of nitrogens with one attached hydrogen (secondary N) is 1. The Balaban J connectivity index is 1.92. The van der Waals surface area contributed by atoms with Gasteiger partial charge >= 0.3 is 0 Å². The fourth-order valence-electron chi connectivity index (χ4n) is 1.92. The van der Waals surface area contributed by atoms with Gasteiger partial charge in [0.15, 0.2) is 0 Å². The third-order valence-electron chi connectivity index (χ3n) is 2.76. The molecule has 1 aliphatic rings. The van der Waals surface area contributed by atoms with Crippen molar-refractivity contribution in [3.63, 3.8) is 0 Å². The zero-order valence-corrected chi connectivity index (χ0v) is 10.6. The molecule has 3 nitrogen and oxygen atoms in total. The van der Waals surface area contributed by atoms with Gasteiger partial charge in [0.1, 0.15) is 10.8 Å². The third kappa shape index (κ3) is 3.37. The van der Waals surface area contributed by atoms with E-state index >= 15 is 0 Å². The van der Waals surface area contributed by atoms with E-state index in [4.69, 9.17) is 0 Å². The second-order valence-electron chi connectivity index (χ2n) is 4.19. The van der Waals surface area contributed by atoms with Crippen LogP contribution in [0.15, 0.2) is 17.4 Å². The second-order valence-corrected chi connectivity index (χ2v) is 5.51. The summed E-state index contributed by atoms with van der Waals surface area (Å²) in [5.41, 5.74) is 0. The number of anilines is 1. The Kier molecular flexibility index (Phi) is 4.45. The summed E-state index contributed by atoms with van der Waals surface area (Å²) in [5, 5.41) is 5.10. The quantitative estimate of drug-likeness (QED) is 0.852. The molecule has 1 aromatic heterocycles. The summed E-state index contributed by atoms with van der Waals surface area (Å²) in [6, 6.07) is 0. The predicted molar refractivity (Wildman–Crippen MR) is 68.9 cm³/mol. The summed E-state index contributed by atoms with van der Waals surface area (Å²) in [6.45, 7) is 3.11. The fourth-order valence-corrected chi connectivity index (χ4v) is 3.10. The highest BCUT2D eigenvalue weighted by Crippen LogP contribution is 2.33. The van der Waals surface area contributed by atoms with Gasteiger partial charge in [0.2, 0.25) is 0 Å². The van der Waals surface area contributed by atoms with Crippen LogP contribution in [0.1, 0.15) is 39.0 Å². The van der Waals surface area contributed by atoms with E-state index in [1.807, 2.05) is 18.0 Å². The Morgan fingerprint density at radius 2 is 2.19 bits per heavy atom. The van der Waals surface area contributed by atoms with Gasteiger partial charge in [0.05, 0.1) is 12.4 Å². The lowest BCUT2D eigenvalue weighted by Crippen LogP contribution is -2.03. The Morgan fingerprint density at radius 1 is 1.38 bits per heavy atom. The van der Waals surface area contributed by atoms with Crippen LogP contribution in [0.4, 0.5) is 5.82 Å². The van der Waals surface area contributed by atoms with Crippen LogP contribution >= 0.6 is 11.8 Å². The van der Waals surface area contributed by atoms with Crippen molar-refractivity contribution in [2.75, 3.05) is 11.9 Å². The summed E-state index contributed by atoms with van der Waals surface area (Å²) in [4.78, 5) is 8.80. The van der Waals surface area contributed by atoms with Crippen LogP contribution in [0.3, 0.4) is 0 Å². The van der Waals surface area contributed by atoms with Gasteiger partial charge in [-0.3, -0.25) is 4.98 Å². The minimum Gasteiger partial charge on any atom is -0.369 e. The van der Waals surface area contributed by atoms with Crippen molar-refractivity contribution < 1.29 is 0 Å². The van der Waals surface area contributed by atoms with Gasteiger partial charge in [0.25, 0.3) is 0 Å². The summed E-state index contributed by atoms with van der Waals surface area (Å²) < 4.78 is 0. The molecular weight excluding hydrogens is 218 g/mol. The molecule has 2 rings (SSSR count). The first-order chi connectivity index (χ1) is 7.88. The second kappa shape index (κ2) is 6.09. The largest absolute Gasteiger partial charge is 0.369 e. The van der Waals surface area contributed by atoms with E-state index in [9.17, 15) is 0 Å². The molecule has 4 heteroatoms. The van der Waals surface area contributed by atoms with Gasteiger partial charge in [-0.15, -0.1) is 11.8 Å². The van der Waals surface area contributed by atoms with Crippen molar-refractivity contribution in [1.82, 2.24) is 9.97 Å². The zero-order chi connectivity index (χ0) is 11.2. The molecule has 0 aliphatic heterocycles. The minimum absolute atomic E-state index is 0.760. The fraction of sp³-hybridized carbons (Fsp3) is 0.667. The highest BCUT2D eigenvalue weighted by atomic mass is 32.2. The van der Waals surface area contributed by atoms with Crippen LogP contribution in [0.5, 0.6) is 0 Å². The summed E-state index contributed by atoms with van der Waals surface area (Å²) in [5.74, 6) is 0.907.